The Labute approximate surface area is 237 Å². The van der Waals surface area contributed by atoms with Gasteiger partial charge in [0.1, 0.15) is 11.9 Å². The fraction of sp³-hybridized carbons (Fsp3) is 0.500. The zero-order valence-electron chi connectivity index (χ0n) is 23.3. The second kappa shape index (κ2) is 12.4. The molecule has 2 aromatic carbocycles. The van der Waals surface area contributed by atoms with Gasteiger partial charge in [0.25, 0.3) is 0 Å². The summed E-state index contributed by atoms with van der Waals surface area (Å²) >= 11 is 0. The van der Waals surface area contributed by atoms with Gasteiger partial charge in [0, 0.05) is 44.0 Å². The SMILES string of the molecule is COc1ccccc1C1CN(CC(=O)N2CCC(OC(=O)O)CC2)C(=O)C(CC(C)C)c2ccc(C(F)(F)F)cc21. The first-order valence-corrected chi connectivity index (χ1v) is 13.7. The van der Waals surface area contributed by atoms with E-state index in [0.29, 0.717) is 41.7 Å². The van der Waals surface area contributed by atoms with Gasteiger partial charge in [0.05, 0.1) is 25.1 Å². The van der Waals surface area contributed by atoms with Crippen LogP contribution >= 0.6 is 0 Å². The van der Waals surface area contributed by atoms with E-state index < -0.39 is 35.8 Å². The van der Waals surface area contributed by atoms with Crippen molar-refractivity contribution < 1.29 is 42.1 Å². The van der Waals surface area contributed by atoms with E-state index in [1.54, 1.807) is 29.2 Å². The predicted molar refractivity (Wildman–Crippen MR) is 144 cm³/mol. The molecule has 1 saturated heterocycles. The minimum absolute atomic E-state index is 0.00750. The summed E-state index contributed by atoms with van der Waals surface area (Å²) in [5, 5.41) is 8.87. The maximum Gasteiger partial charge on any atom is 0.506 e. The highest BCUT2D eigenvalue weighted by molar-refractivity contribution is 5.90. The van der Waals surface area contributed by atoms with Crippen molar-refractivity contribution in [1.82, 2.24) is 9.80 Å². The van der Waals surface area contributed by atoms with Crippen LogP contribution in [0.3, 0.4) is 0 Å². The number of carbonyl (C=O) groups is 3. The normalized spacial score (nSPS) is 20.0. The van der Waals surface area contributed by atoms with Gasteiger partial charge in [-0.1, -0.05) is 38.1 Å². The van der Waals surface area contributed by atoms with Crippen molar-refractivity contribution >= 4 is 18.0 Å². The fourth-order valence-corrected chi connectivity index (χ4v) is 5.82. The Bertz CT molecular complexity index is 1270. The number of amides is 2. The number of para-hydroxylation sites is 1. The van der Waals surface area contributed by atoms with Crippen LogP contribution in [0.2, 0.25) is 0 Å². The van der Waals surface area contributed by atoms with Gasteiger partial charge in [-0.25, -0.2) is 4.79 Å². The van der Waals surface area contributed by atoms with Gasteiger partial charge in [-0.15, -0.1) is 0 Å². The number of nitrogens with zero attached hydrogens (tertiary/aromatic N) is 2. The Morgan fingerprint density at radius 2 is 1.73 bits per heavy atom. The second-order valence-corrected chi connectivity index (χ2v) is 11.0. The monoisotopic (exact) mass is 576 g/mol. The Hall–Kier alpha value is -3.76. The van der Waals surface area contributed by atoms with E-state index in [2.05, 4.69) is 0 Å². The minimum Gasteiger partial charge on any atom is -0.496 e. The molecule has 0 aromatic heterocycles. The third-order valence-corrected chi connectivity index (χ3v) is 7.79. The highest BCUT2D eigenvalue weighted by atomic mass is 19.4. The van der Waals surface area contributed by atoms with Crippen molar-refractivity contribution in [2.24, 2.45) is 5.92 Å². The highest BCUT2D eigenvalue weighted by Gasteiger charge is 2.40. The summed E-state index contributed by atoms with van der Waals surface area (Å²) in [6.45, 7) is 4.19. The molecule has 2 atom stereocenters. The van der Waals surface area contributed by atoms with Crippen molar-refractivity contribution in [1.29, 1.82) is 0 Å². The lowest BCUT2D eigenvalue weighted by Gasteiger charge is -2.34. The van der Waals surface area contributed by atoms with Gasteiger partial charge in [-0.2, -0.15) is 13.2 Å². The number of benzene rings is 2. The molecule has 2 aliphatic heterocycles. The number of methoxy groups -OCH3 is 1. The molecule has 2 aliphatic rings. The molecule has 8 nitrogen and oxygen atoms in total. The van der Waals surface area contributed by atoms with Crippen LogP contribution in [0.25, 0.3) is 0 Å². The van der Waals surface area contributed by atoms with Gasteiger partial charge in [-0.05, 0) is 41.7 Å². The summed E-state index contributed by atoms with van der Waals surface area (Å²) in [6.07, 6.45) is -5.35. The van der Waals surface area contributed by atoms with Gasteiger partial charge in [0.2, 0.25) is 11.8 Å². The molecule has 4 rings (SSSR count). The van der Waals surface area contributed by atoms with E-state index in [9.17, 15) is 27.6 Å². The highest BCUT2D eigenvalue weighted by Crippen LogP contribution is 2.43. The van der Waals surface area contributed by atoms with E-state index in [0.717, 1.165) is 12.1 Å². The maximum absolute atomic E-state index is 14.1. The van der Waals surface area contributed by atoms with Crippen molar-refractivity contribution in [2.45, 2.75) is 57.2 Å². The van der Waals surface area contributed by atoms with E-state index in [-0.39, 0.29) is 43.9 Å². The third-order valence-electron chi connectivity index (χ3n) is 7.79. The quantitative estimate of drug-likeness (QED) is 0.437. The lowest BCUT2D eigenvalue weighted by molar-refractivity contribution is -0.142. The molecule has 0 saturated carbocycles. The number of hydrogen-bond donors (Lipinski definition) is 1. The minimum atomic E-state index is -4.57. The van der Waals surface area contributed by atoms with E-state index >= 15 is 0 Å². The number of halogens is 3. The summed E-state index contributed by atoms with van der Waals surface area (Å²) in [4.78, 5) is 41.4. The maximum atomic E-state index is 14.1. The first kappa shape index (κ1) is 30.2. The molecule has 2 amide bonds. The van der Waals surface area contributed by atoms with Crippen LogP contribution < -0.4 is 4.74 Å². The third kappa shape index (κ3) is 6.94. The van der Waals surface area contributed by atoms with Gasteiger partial charge >= 0.3 is 12.3 Å². The number of carboxylic acid groups (broad SMARTS) is 1. The molecule has 2 unspecified atom stereocenters. The number of ether oxygens (including phenoxy) is 2. The number of hydrogen-bond acceptors (Lipinski definition) is 5. The molecule has 2 heterocycles. The van der Waals surface area contributed by atoms with Crippen molar-refractivity contribution in [3.8, 4) is 5.75 Å². The van der Waals surface area contributed by atoms with Crippen LogP contribution in [0.15, 0.2) is 42.5 Å². The Morgan fingerprint density at radius 3 is 2.34 bits per heavy atom. The van der Waals surface area contributed by atoms with Crippen molar-refractivity contribution in [3.05, 3.63) is 64.7 Å². The second-order valence-electron chi connectivity index (χ2n) is 11.0. The summed E-state index contributed by atoms with van der Waals surface area (Å²) in [5.41, 5.74) is 0.736. The number of likely N-dealkylation sites (tertiary alicyclic amines) is 1. The molecule has 0 bridgehead atoms. The smallest absolute Gasteiger partial charge is 0.496 e. The molecular formula is C30H35F3N2O6. The first-order valence-electron chi connectivity index (χ1n) is 13.7. The number of fused-ring (bicyclic) bond motifs is 1. The number of alkyl halides is 3. The molecule has 222 valence electrons. The summed E-state index contributed by atoms with van der Waals surface area (Å²) in [6, 6.07) is 10.6. The van der Waals surface area contributed by atoms with Crippen LogP contribution in [0.1, 0.15) is 67.2 Å². The average molecular weight is 577 g/mol. The number of rotatable bonds is 7. The Kier molecular flexibility index (Phi) is 9.14. The van der Waals surface area contributed by atoms with Crippen LogP contribution in [-0.4, -0.2) is 72.3 Å². The Morgan fingerprint density at radius 1 is 1.05 bits per heavy atom. The lowest BCUT2D eigenvalue weighted by atomic mass is 9.81. The zero-order chi connectivity index (χ0) is 29.9. The number of carbonyl (C=O) groups excluding carboxylic acids is 2. The predicted octanol–water partition coefficient (Wildman–Crippen LogP) is 5.50. The van der Waals surface area contributed by atoms with E-state index in [1.165, 1.54) is 18.1 Å². The van der Waals surface area contributed by atoms with Crippen LogP contribution in [0.5, 0.6) is 5.75 Å². The van der Waals surface area contributed by atoms with Crippen LogP contribution in [0, 0.1) is 5.92 Å². The van der Waals surface area contributed by atoms with Gasteiger partial charge in [0.15, 0.2) is 0 Å². The molecule has 11 heteroatoms. The molecule has 1 fully saturated rings. The summed E-state index contributed by atoms with van der Waals surface area (Å²) in [5.74, 6) is -1.48. The fourth-order valence-electron chi connectivity index (χ4n) is 5.82. The number of piperidine rings is 1. The molecule has 1 N–H and O–H groups in total. The van der Waals surface area contributed by atoms with Gasteiger partial charge in [-0.3, -0.25) is 9.59 Å². The lowest BCUT2D eigenvalue weighted by Crippen LogP contribution is -2.48. The molecule has 0 radical (unpaired) electrons. The molecule has 41 heavy (non-hydrogen) atoms. The Balaban J connectivity index is 1.73. The van der Waals surface area contributed by atoms with Crippen molar-refractivity contribution in [2.75, 3.05) is 33.3 Å². The standard InChI is InChI=1S/C30H35F3N2O6/c1-18(2)14-24-21-9-8-19(30(31,32)33)15-23(21)25(22-6-4-5-7-26(22)40-3)16-35(28(24)37)17-27(36)34-12-10-20(11-13-34)41-29(38)39/h4-9,15,18,20,24-25H,10-14,16-17H2,1-3H3,(H,38,39). The van der Waals surface area contributed by atoms with E-state index in [1.807, 2.05) is 13.8 Å². The molecule has 0 spiro atoms. The topological polar surface area (TPSA) is 96.4 Å². The molecular weight excluding hydrogens is 541 g/mol. The average Bonchev–Trinajstić information content (AvgIpc) is 3.02. The molecule has 2 aromatic rings. The van der Waals surface area contributed by atoms with Gasteiger partial charge < -0.3 is 24.4 Å². The van der Waals surface area contributed by atoms with E-state index in [4.69, 9.17) is 14.6 Å². The van der Waals surface area contributed by atoms with Crippen LogP contribution in [-0.2, 0) is 20.5 Å². The van der Waals surface area contributed by atoms with Crippen molar-refractivity contribution in [3.63, 3.8) is 0 Å². The van der Waals surface area contributed by atoms with Crippen LogP contribution in [0.4, 0.5) is 18.0 Å². The summed E-state index contributed by atoms with van der Waals surface area (Å²) < 4.78 is 52.0. The summed E-state index contributed by atoms with van der Waals surface area (Å²) in [7, 11) is 1.48. The largest absolute Gasteiger partial charge is 0.506 e. The zero-order valence-corrected chi connectivity index (χ0v) is 23.3. The molecule has 0 aliphatic carbocycles. The first-order chi connectivity index (χ1) is 19.4.